The summed E-state index contributed by atoms with van der Waals surface area (Å²) in [5.74, 6) is -2.54. The molecule has 0 aromatic rings. The second-order valence-corrected chi connectivity index (χ2v) is 3.86. The predicted molar refractivity (Wildman–Crippen MR) is 50.5 cm³/mol. The lowest BCUT2D eigenvalue weighted by molar-refractivity contribution is -0.0480. The van der Waals surface area contributed by atoms with Crippen LogP contribution in [0, 0.1) is 5.92 Å². The topological polar surface area (TPSA) is 44.3 Å². The van der Waals surface area contributed by atoms with E-state index in [1.54, 1.807) is 0 Å². The fourth-order valence-electron chi connectivity index (χ4n) is 1.61. The fourth-order valence-corrected chi connectivity index (χ4v) is 1.61. The van der Waals surface area contributed by atoms with E-state index in [0.29, 0.717) is 12.5 Å². The second-order valence-electron chi connectivity index (χ2n) is 3.86. The SMILES string of the molecule is OCC(F)(F)CNCC1CCCNC1. The van der Waals surface area contributed by atoms with Gasteiger partial charge in [0.2, 0.25) is 0 Å². The molecule has 0 radical (unpaired) electrons. The Kier molecular flexibility index (Phi) is 4.71. The summed E-state index contributed by atoms with van der Waals surface area (Å²) >= 11 is 0. The van der Waals surface area contributed by atoms with Gasteiger partial charge in [-0.15, -0.1) is 0 Å². The minimum Gasteiger partial charge on any atom is -0.390 e. The summed E-state index contributed by atoms with van der Waals surface area (Å²) in [5, 5.41) is 14.2. The van der Waals surface area contributed by atoms with E-state index >= 15 is 0 Å². The van der Waals surface area contributed by atoms with Crippen LogP contribution >= 0.6 is 0 Å². The van der Waals surface area contributed by atoms with Crippen molar-refractivity contribution in [2.45, 2.75) is 18.8 Å². The van der Waals surface area contributed by atoms with Crippen LogP contribution in [0.2, 0.25) is 0 Å². The van der Waals surface area contributed by atoms with E-state index in [-0.39, 0.29) is 0 Å². The Morgan fingerprint density at radius 1 is 1.50 bits per heavy atom. The van der Waals surface area contributed by atoms with E-state index in [1.807, 2.05) is 0 Å². The molecule has 3 N–H and O–H groups in total. The van der Waals surface area contributed by atoms with Crippen LogP contribution in [-0.2, 0) is 0 Å². The van der Waals surface area contributed by atoms with Gasteiger partial charge in [0.05, 0.1) is 6.54 Å². The molecule has 0 bridgehead atoms. The Balaban J connectivity index is 2.08. The number of hydrogen-bond acceptors (Lipinski definition) is 3. The molecule has 0 aromatic heterocycles. The molecule has 1 fully saturated rings. The lowest BCUT2D eigenvalue weighted by Crippen LogP contribution is -2.41. The van der Waals surface area contributed by atoms with Crippen LogP contribution in [0.4, 0.5) is 8.78 Å². The average molecular weight is 208 g/mol. The van der Waals surface area contributed by atoms with Gasteiger partial charge in [0.15, 0.2) is 0 Å². The number of piperidine rings is 1. The summed E-state index contributed by atoms with van der Waals surface area (Å²) < 4.78 is 25.2. The maximum absolute atomic E-state index is 12.6. The fraction of sp³-hybridized carbons (Fsp3) is 1.00. The Bertz CT molecular complexity index is 161. The molecule has 1 aliphatic rings. The molecular weight excluding hydrogens is 190 g/mol. The van der Waals surface area contributed by atoms with Crippen molar-refractivity contribution >= 4 is 0 Å². The summed E-state index contributed by atoms with van der Waals surface area (Å²) in [6.45, 7) is 1.02. The van der Waals surface area contributed by atoms with Gasteiger partial charge in [-0.1, -0.05) is 0 Å². The van der Waals surface area contributed by atoms with E-state index < -0.39 is 19.1 Å². The number of aliphatic hydroxyl groups excluding tert-OH is 1. The van der Waals surface area contributed by atoms with Crippen LogP contribution in [-0.4, -0.2) is 43.8 Å². The highest BCUT2D eigenvalue weighted by Crippen LogP contribution is 2.11. The van der Waals surface area contributed by atoms with Crippen LogP contribution < -0.4 is 10.6 Å². The summed E-state index contributed by atoms with van der Waals surface area (Å²) in [5.41, 5.74) is 0. The van der Waals surface area contributed by atoms with E-state index in [1.165, 1.54) is 0 Å². The first-order valence-corrected chi connectivity index (χ1v) is 5.04. The van der Waals surface area contributed by atoms with Gasteiger partial charge in [-0.3, -0.25) is 0 Å². The summed E-state index contributed by atoms with van der Waals surface area (Å²) in [4.78, 5) is 0. The Hall–Kier alpha value is -0.260. The van der Waals surface area contributed by atoms with Gasteiger partial charge in [-0.2, -0.15) is 0 Å². The lowest BCUT2D eigenvalue weighted by atomic mass is 10.00. The number of hydrogen-bond donors (Lipinski definition) is 3. The first-order valence-electron chi connectivity index (χ1n) is 5.04. The van der Waals surface area contributed by atoms with Crippen LogP contribution in [0.5, 0.6) is 0 Å². The van der Waals surface area contributed by atoms with Gasteiger partial charge in [0.25, 0.3) is 5.92 Å². The molecule has 14 heavy (non-hydrogen) atoms. The quantitative estimate of drug-likeness (QED) is 0.605. The molecule has 1 atom stereocenters. The molecule has 0 amide bonds. The maximum atomic E-state index is 12.6. The highest BCUT2D eigenvalue weighted by molar-refractivity contribution is 4.73. The number of halogens is 2. The molecule has 0 saturated carbocycles. The Labute approximate surface area is 82.9 Å². The third-order valence-electron chi connectivity index (χ3n) is 2.45. The second kappa shape index (κ2) is 5.58. The lowest BCUT2D eigenvalue weighted by Gasteiger charge is -2.24. The van der Waals surface area contributed by atoms with Crippen molar-refractivity contribution in [3.8, 4) is 0 Å². The smallest absolute Gasteiger partial charge is 0.282 e. The molecule has 0 aromatic carbocycles. The van der Waals surface area contributed by atoms with Crippen molar-refractivity contribution in [2.75, 3.05) is 32.8 Å². The molecule has 3 nitrogen and oxygen atoms in total. The number of nitrogens with one attached hydrogen (secondary N) is 2. The van der Waals surface area contributed by atoms with Gasteiger partial charge in [-0.05, 0) is 38.4 Å². The predicted octanol–water partition coefficient (Wildman–Crippen LogP) is 0.203. The minimum absolute atomic E-state index is 0.431. The Morgan fingerprint density at radius 2 is 2.29 bits per heavy atom. The summed E-state index contributed by atoms with van der Waals surface area (Å²) in [7, 11) is 0. The van der Waals surface area contributed by atoms with Crippen LogP contribution in [0.15, 0.2) is 0 Å². The number of alkyl halides is 2. The molecule has 1 aliphatic heterocycles. The van der Waals surface area contributed by atoms with Crippen LogP contribution in [0.25, 0.3) is 0 Å². The van der Waals surface area contributed by atoms with Crippen molar-refractivity contribution in [1.29, 1.82) is 0 Å². The van der Waals surface area contributed by atoms with Crippen molar-refractivity contribution in [2.24, 2.45) is 5.92 Å². The van der Waals surface area contributed by atoms with E-state index in [9.17, 15) is 8.78 Å². The molecule has 5 heteroatoms. The van der Waals surface area contributed by atoms with Crippen LogP contribution in [0.3, 0.4) is 0 Å². The third kappa shape index (κ3) is 4.30. The summed E-state index contributed by atoms with van der Waals surface area (Å²) in [6.07, 6.45) is 2.20. The first-order chi connectivity index (χ1) is 6.64. The first kappa shape index (κ1) is 11.8. The summed E-state index contributed by atoms with van der Waals surface area (Å²) in [6, 6.07) is 0. The number of aliphatic hydroxyl groups is 1. The zero-order valence-corrected chi connectivity index (χ0v) is 8.23. The van der Waals surface area contributed by atoms with E-state index in [2.05, 4.69) is 10.6 Å². The van der Waals surface area contributed by atoms with Gasteiger partial charge >= 0.3 is 0 Å². The molecule has 0 spiro atoms. The highest BCUT2D eigenvalue weighted by atomic mass is 19.3. The maximum Gasteiger partial charge on any atom is 0.282 e. The zero-order valence-electron chi connectivity index (χ0n) is 8.23. The largest absolute Gasteiger partial charge is 0.390 e. The van der Waals surface area contributed by atoms with Crippen molar-refractivity contribution < 1.29 is 13.9 Å². The zero-order chi connectivity index (χ0) is 10.4. The van der Waals surface area contributed by atoms with Crippen LogP contribution in [0.1, 0.15) is 12.8 Å². The van der Waals surface area contributed by atoms with Gasteiger partial charge in [0.1, 0.15) is 6.61 Å². The minimum atomic E-state index is -2.98. The molecule has 0 aliphatic carbocycles. The monoisotopic (exact) mass is 208 g/mol. The third-order valence-corrected chi connectivity index (χ3v) is 2.45. The molecular formula is C9H18F2N2O. The van der Waals surface area contributed by atoms with Gasteiger partial charge in [0, 0.05) is 0 Å². The molecule has 84 valence electrons. The molecule has 1 saturated heterocycles. The van der Waals surface area contributed by atoms with Gasteiger partial charge < -0.3 is 15.7 Å². The Morgan fingerprint density at radius 3 is 2.86 bits per heavy atom. The molecule has 1 heterocycles. The molecule has 1 rings (SSSR count). The normalized spacial score (nSPS) is 23.8. The van der Waals surface area contributed by atoms with Crippen molar-refractivity contribution in [3.05, 3.63) is 0 Å². The average Bonchev–Trinajstić information content (AvgIpc) is 2.19. The van der Waals surface area contributed by atoms with Gasteiger partial charge in [-0.25, -0.2) is 8.78 Å². The highest BCUT2D eigenvalue weighted by Gasteiger charge is 2.27. The van der Waals surface area contributed by atoms with Crippen molar-refractivity contribution in [1.82, 2.24) is 10.6 Å². The standard InChI is InChI=1S/C9H18F2N2O/c10-9(11,7-14)6-13-5-8-2-1-3-12-4-8/h8,12-14H,1-7H2. The number of rotatable bonds is 5. The molecule has 1 unspecified atom stereocenters. The van der Waals surface area contributed by atoms with E-state index in [0.717, 1.165) is 25.9 Å². The van der Waals surface area contributed by atoms with Crippen molar-refractivity contribution in [3.63, 3.8) is 0 Å². The van der Waals surface area contributed by atoms with E-state index in [4.69, 9.17) is 5.11 Å².